The highest BCUT2D eigenvalue weighted by Crippen LogP contribution is 2.26. The van der Waals surface area contributed by atoms with E-state index in [2.05, 4.69) is 15.0 Å². The molecule has 0 atom stereocenters. The molecule has 0 aliphatic heterocycles. The normalized spacial score (nSPS) is 14.6. The number of rotatable bonds is 3. The number of nitrogens with zero attached hydrogens (tertiary/aromatic N) is 3. The Morgan fingerprint density at radius 2 is 2.06 bits per heavy atom. The standard InChI is InChI=1S/C12H12N4O/c13-11-4-1-8(5-15-11)10-6-14-7-12(16-10)17-9-2-3-9/h1,4-7,9H,2-3H2,(H2,13,15). The molecule has 1 aliphatic rings. The van der Waals surface area contributed by atoms with E-state index in [9.17, 15) is 0 Å². The third kappa shape index (κ3) is 2.33. The maximum Gasteiger partial charge on any atom is 0.233 e. The summed E-state index contributed by atoms with van der Waals surface area (Å²) in [4.78, 5) is 12.5. The summed E-state index contributed by atoms with van der Waals surface area (Å²) < 4.78 is 5.59. The molecule has 0 unspecified atom stereocenters. The molecule has 0 amide bonds. The van der Waals surface area contributed by atoms with E-state index in [0.717, 1.165) is 24.1 Å². The van der Waals surface area contributed by atoms with Gasteiger partial charge in [-0.05, 0) is 25.0 Å². The molecule has 17 heavy (non-hydrogen) atoms. The molecule has 2 aromatic heterocycles. The minimum atomic E-state index is 0.323. The molecular formula is C12H12N4O. The lowest BCUT2D eigenvalue weighted by Crippen LogP contribution is -1.99. The summed E-state index contributed by atoms with van der Waals surface area (Å²) >= 11 is 0. The first kappa shape index (κ1) is 10.0. The van der Waals surface area contributed by atoms with Crippen molar-refractivity contribution in [3.8, 4) is 17.1 Å². The van der Waals surface area contributed by atoms with Gasteiger partial charge < -0.3 is 10.5 Å². The van der Waals surface area contributed by atoms with Gasteiger partial charge in [0.15, 0.2) is 0 Å². The van der Waals surface area contributed by atoms with Crippen molar-refractivity contribution in [3.63, 3.8) is 0 Å². The zero-order valence-electron chi connectivity index (χ0n) is 9.21. The van der Waals surface area contributed by atoms with Gasteiger partial charge in [0.2, 0.25) is 5.88 Å². The third-order valence-electron chi connectivity index (χ3n) is 2.51. The molecule has 2 aromatic rings. The van der Waals surface area contributed by atoms with Gasteiger partial charge in [-0.2, -0.15) is 0 Å². The third-order valence-corrected chi connectivity index (χ3v) is 2.51. The fourth-order valence-corrected chi connectivity index (χ4v) is 1.46. The highest BCUT2D eigenvalue weighted by Gasteiger charge is 2.24. The van der Waals surface area contributed by atoms with Gasteiger partial charge in [0.25, 0.3) is 0 Å². The van der Waals surface area contributed by atoms with Crippen LogP contribution in [0.4, 0.5) is 5.82 Å². The summed E-state index contributed by atoms with van der Waals surface area (Å²) in [6, 6.07) is 3.61. The molecule has 2 heterocycles. The predicted octanol–water partition coefficient (Wildman–Crippen LogP) is 1.66. The molecular weight excluding hydrogens is 216 g/mol. The number of aromatic nitrogens is 3. The summed E-state index contributed by atoms with van der Waals surface area (Å²) in [7, 11) is 0. The number of nitrogen functional groups attached to an aromatic ring is 1. The summed E-state index contributed by atoms with van der Waals surface area (Å²) in [5.41, 5.74) is 7.17. The average molecular weight is 228 g/mol. The fourth-order valence-electron chi connectivity index (χ4n) is 1.46. The van der Waals surface area contributed by atoms with E-state index in [1.807, 2.05) is 6.07 Å². The molecule has 1 fully saturated rings. The van der Waals surface area contributed by atoms with Crippen LogP contribution in [0.25, 0.3) is 11.3 Å². The van der Waals surface area contributed by atoms with Crippen molar-refractivity contribution in [1.29, 1.82) is 0 Å². The van der Waals surface area contributed by atoms with E-state index in [1.54, 1.807) is 24.7 Å². The number of hydrogen-bond donors (Lipinski definition) is 1. The van der Waals surface area contributed by atoms with Crippen LogP contribution in [0, 0.1) is 0 Å². The Balaban J connectivity index is 1.88. The van der Waals surface area contributed by atoms with Gasteiger partial charge in [0.1, 0.15) is 11.9 Å². The Morgan fingerprint density at radius 3 is 2.76 bits per heavy atom. The Bertz CT molecular complexity index is 522. The lowest BCUT2D eigenvalue weighted by atomic mass is 10.2. The van der Waals surface area contributed by atoms with Gasteiger partial charge in [-0.1, -0.05) is 0 Å². The van der Waals surface area contributed by atoms with Crippen LogP contribution in [0.1, 0.15) is 12.8 Å². The van der Waals surface area contributed by atoms with Gasteiger partial charge in [-0.25, -0.2) is 9.97 Å². The molecule has 0 bridgehead atoms. The van der Waals surface area contributed by atoms with Gasteiger partial charge in [-0.15, -0.1) is 0 Å². The maximum absolute atomic E-state index is 5.59. The second-order valence-electron chi connectivity index (χ2n) is 4.03. The van der Waals surface area contributed by atoms with Crippen LogP contribution in [0.3, 0.4) is 0 Å². The van der Waals surface area contributed by atoms with Crippen molar-refractivity contribution in [2.45, 2.75) is 18.9 Å². The van der Waals surface area contributed by atoms with Crippen molar-refractivity contribution in [1.82, 2.24) is 15.0 Å². The molecule has 86 valence electrons. The van der Waals surface area contributed by atoms with Gasteiger partial charge in [0.05, 0.1) is 18.1 Å². The molecule has 5 nitrogen and oxygen atoms in total. The largest absolute Gasteiger partial charge is 0.473 e. The molecule has 0 aromatic carbocycles. The molecule has 0 spiro atoms. The molecule has 3 rings (SSSR count). The monoisotopic (exact) mass is 228 g/mol. The second-order valence-corrected chi connectivity index (χ2v) is 4.03. The SMILES string of the molecule is Nc1ccc(-c2cncc(OC3CC3)n2)cn1. The van der Waals surface area contributed by atoms with E-state index in [1.165, 1.54) is 0 Å². The van der Waals surface area contributed by atoms with Crippen molar-refractivity contribution >= 4 is 5.82 Å². The zero-order valence-corrected chi connectivity index (χ0v) is 9.21. The highest BCUT2D eigenvalue weighted by molar-refractivity contribution is 5.58. The number of pyridine rings is 1. The average Bonchev–Trinajstić information content (AvgIpc) is 3.14. The van der Waals surface area contributed by atoms with E-state index in [-0.39, 0.29) is 0 Å². The van der Waals surface area contributed by atoms with Crippen LogP contribution < -0.4 is 10.5 Å². The molecule has 1 aliphatic carbocycles. The predicted molar refractivity (Wildman–Crippen MR) is 63.3 cm³/mol. The first-order valence-electron chi connectivity index (χ1n) is 5.52. The highest BCUT2D eigenvalue weighted by atomic mass is 16.5. The van der Waals surface area contributed by atoms with Crippen LogP contribution in [0.15, 0.2) is 30.7 Å². The van der Waals surface area contributed by atoms with Gasteiger partial charge >= 0.3 is 0 Å². The number of anilines is 1. The molecule has 2 N–H and O–H groups in total. The summed E-state index contributed by atoms with van der Waals surface area (Å²) in [5, 5.41) is 0. The van der Waals surface area contributed by atoms with Crippen LogP contribution in [-0.2, 0) is 0 Å². The summed E-state index contributed by atoms with van der Waals surface area (Å²) in [6.07, 6.45) is 7.54. The Labute approximate surface area is 98.7 Å². The summed E-state index contributed by atoms with van der Waals surface area (Å²) in [6.45, 7) is 0. The Kier molecular flexibility index (Phi) is 2.36. The molecule has 5 heteroatoms. The lowest BCUT2D eigenvalue weighted by Gasteiger charge is -2.05. The van der Waals surface area contributed by atoms with Crippen LogP contribution in [0.5, 0.6) is 5.88 Å². The molecule has 0 saturated heterocycles. The van der Waals surface area contributed by atoms with Gasteiger partial charge in [-0.3, -0.25) is 4.98 Å². The van der Waals surface area contributed by atoms with E-state index < -0.39 is 0 Å². The Morgan fingerprint density at radius 1 is 1.18 bits per heavy atom. The molecule has 0 radical (unpaired) electrons. The first-order chi connectivity index (χ1) is 8.31. The van der Waals surface area contributed by atoms with Crippen LogP contribution in [-0.4, -0.2) is 21.1 Å². The smallest absolute Gasteiger partial charge is 0.233 e. The quantitative estimate of drug-likeness (QED) is 0.864. The number of ether oxygens (including phenoxy) is 1. The van der Waals surface area contributed by atoms with Crippen LogP contribution >= 0.6 is 0 Å². The minimum absolute atomic E-state index is 0.323. The topological polar surface area (TPSA) is 73.9 Å². The van der Waals surface area contributed by atoms with E-state index in [0.29, 0.717) is 17.8 Å². The minimum Gasteiger partial charge on any atom is -0.473 e. The van der Waals surface area contributed by atoms with E-state index in [4.69, 9.17) is 10.5 Å². The van der Waals surface area contributed by atoms with Crippen molar-refractivity contribution in [2.75, 3.05) is 5.73 Å². The lowest BCUT2D eigenvalue weighted by molar-refractivity contribution is 0.290. The first-order valence-corrected chi connectivity index (χ1v) is 5.52. The van der Waals surface area contributed by atoms with Crippen LogP contribution in [0.2, 0.25) is 0 Å². The molecule has 1 saturated carbocycles. The second kappa shape index (κ2) is 4.01. The van der Waals surface area contributed by atoms with Crippen molar-refractivity contribution in [3.05, 3.63) is 30.7 Å². The van der Waals surface area contributed by atoms with Crippen molar-refractivity contribution < 1.29 is 4.74 Å². The van der Waals surface area contributed by atoms with E-state index >= 15 is 0 Å². The van der Waals surface area contributed by atoms with Crippen molar-refractivity contribution in [2.24, 2.45) is 0 Å². The summed E-state index contributed by atoms with van der Waals surface area (Å²) in [5.74, 6) is 1.06. The van der Waals surface area contributed by atoms with Gasteiger partial charge in [0, 0.05) is 11.8 Å². The maximum atomic E-state index is 5.59. The zero-order chi connectivity index (χ0) is 11.7. The number of hydrogen-bond acceptors (Lipinski definition) is 5. The fraction of sp³-hybridized carbons (Fsp3) is 0.250. The number of nitrogens with two attached hydrogens (primary N) is 1. The Hall–Kier alpha value is -2.17.